The zero-order valence-electron chi connectivity index (χ0n) is 8.68. The number of benzene rings is 1. The second-order valence-electron chi connectivity index (χ2n) is 3.20. The summed E-state index contributed by atoms with van der Waals surface area (Å²) in [6, 6.07) is 2.40. The molecule has 0 amide bonds. The van der Waals surface area contributed by atoms with E-state index in [-0.39, 0.29) is 23.6 Å². The van der Waals surface area contributed by atoms with Crippen LogP contribution >= 0.6 is 0 Å². The van der Waals surface area contributed by atoms with Gasteiger partial charge in [0.1, 0.15) is 0 Å². The highest BCUT2D eigenvalue weighted by atomic mass is 32.2. The van der Waals surface area contributed by atoms with Crippen molar-refractivity contribution in [3.8, 4) is 0 Å². The Bertz CT molecular complexity index is 553. The lowest BCUT2D eigenvalue weighted by Crippen LogP contribution is -2.08. The lowest BCUT2D eigenvalue weighted by molar-refractivity contribution is 0.504. The van der Waals surface area contributed by atoms with E-state index in [0.717, 1.165) is 12.1 Å². The Kier molecular flexibility index (Phi) is 4.42. The van der Waals surface area contributed by atoms with Crippen LogP contribution < -0.4 is 0 Å². The first-order valence-corrected chi connectivity index (χ1v) is 6.31. The molecule has 92 valence electrons. The minimum Gasteiger partial charge on any atom is -0.224 e. The minimum absolute atomic E-state index is 0.0411. The van der Waals surface area contributed by atoms with E-state index in [1.807, 2.05) is 0 Å². The molecule has 17 heavy (non-hydrogen) atoms. The molecule has 0 bridgehead atoms. The zero-order chi connectivity index (χ0) is 12.9. The number of hydrogen-bond acceptors (Lipinski definition) is 3. The van der Waals surface area contributed by atoms with Gasteiger partial charge in [-0.1, -0.05) is 5.11 Å². The summed E-state index contributed by atoms with van der Waals surface area (Å²) >= 11 is 0. The van der Waals surface area contributed by atoms with Gasteiger partial charge >= 0.3 is 0 Å². The Morgan fingerprint density at radius 3 is 2.59 bits per heavy atom. The van der Waals surface area contributed by atoms with Gasteiger partial charge in [-0.15, -0.1) is 0 Å². The molecule has 0 atom stereocenters. The van der Waals surface area contributed by atoms with Gasteiger partial charge in [0.2, 0.25) is 0 Å². The molecule has 0 spiro atoms. The Morgan fingerprint density at radius 2 is 2.00 bits per heavy atom. The van der Waals surface area contributed by atoms with Gasteiger partial charge in [-0.05, 0) is 30.2 Å². The maximum atomic E-state index is 12.8. The van der Waals surface area contributed by atoms with Gasteiger partial charge in [0.25, 0.3) is 0 Å². The molecule has 0 aliphatic heterocycles. The molecule has 0 aliphatic rings. The third-order valence-corrected chi connectivity index (χ3v) is 3.78. The predicted octanol–water partition coefficient (Wildman–Crippen LogP) is 2.44. The van der Waals surface area contributed by atoms with Crippen LogP contribution in [0.1, 0.15) is 6.42 Å². The number of azide groups is 1. The molecule has 0 unspecified atom stereocenters. The molecule has 0 aromatic heterocycles. The second kappa shape index (κ2) is 5.60. The SMILES string of the molecule is [N-]=[N+]=NCCCS(=O)(=O)c1ccc(F)c(F)c1. The maximum Gasteiger partial charge on any atom is 0.178 e. The molecular weight excluding hydrogens is 252 g/mol. The first-order chi connectivity index (χ1) is 7.97. The predicted molar refractivity (Wildman–Crippen MR) is 57.0 cm³/mol. The molecule has 0 aliphatic carbocycles. The van der Waals surface area contributed by atoms with Crippen LogP contribution in [0, 0.1) is 11.6 Å². The highest BCUT2D eigenvalue weighted by Gasteiger charge is 2.15. The Labute approximate surface area is 96.6 Å². The van der Waals surface area contributed by atoms with Crippen molar-refractivity contribution in [1.29, 1.82) is 0 Å². The average Bonchev–Trinajstić information content (AvgIpc) is 2.28. The van der Waals surface area contributed by atoms with Crippen molar-refractivity contribution in [3.05, 3.63) is 40.3 Å². The first kappa shape index (κ1) is 13.4. The van der Waals surface area contributed by atoms with Gasteiger partial charge < -0.3 is 0 Å². The van der Waals surface area contributed by atoms with Gasteiger partial charge in [-0.2, -0.15) is 0 Å². The van der Waals surface area contributed by atoms with Crippen molar-refractivity contribution in [3.63, 3.8) is 0 Å². The third-order valence-electron chi connectivity index (χ3n) is 1.98. The van der Waals surface area contributed by atoms with Gasteiger partial charge in [0.15, 0.2) is 21.5 Å². The van der Waals surface area contributed by atoms with E-state index in [9.17, 15) is 17.2 Å². The fourth-order valence-corrected chi connectivity index (χ4v) is 2.46. The monoisotopic (exact) mass is 261 g/mol. The molecule has 0 N–H and O–H groups in total. The van der Waals surface area contributed by atoms with E-state index in [1.54, 1.807) is 0 Å². The van der Waals surface area contributed by atoms with Crippen LogP contribution in [0.15, 0.2) is 28.2 Å². The summed E-state index contributed by atoms with van der Waals surface area (Å²) < 4.78 is 48.7. The molecular formula is C9H9F2N3O2S. The average molecular weight is 261 g/mol. The fraction of sp³-hybridized carbons (Fsp3) is 0.333. The van der Waals surface area contributed by atoms with Crippen molar-refractivity contribution in [1.82, 2.24) is 0 Å². The topological polar surface area (TPSA) is 82.9 Å². The molecule has 0 saturated heterocycles. The number of hydrogen-bond donors (Lipinski definition) is 0. The van der Waals surface area contributed by atoms with Crippen LogP contribution in [0.5, 0.6) is 0 Å². The van der Waals surface area contributed by atoms with Crippen molar-refractivity contribution in [2.75, 3.05) is 12.3 Å². The molecule has 0 radical (unpaired) electrons. The summed E-state index contributed by atoms with van der Waals surface area (Å²) in [6.07, 6.45) is 0.130. The third kappa shape index (κ3) is 3.69. The van der Waals surface area contributed by atoms with Gasteiger partial charge in [0, 0.05) is 11.5 Å². The molecule has 5 nitrogen and oxygen atoms in total. The number of halogens is 2. The van der Waals surface area contributed by atoms with Crippen LogP contribution in [0.4, 0.5) is 8.78 Å². The molecule has 8 heteroatoms. The minimum atomic E-state index is -3.67. The number of nitrogens with zero attached hydrogens (tertiary/aromatic N) is 3. The lowest BCUT2D eigenvalue weighted by atomic mass is 10.3. The smallest absolute Gasteiger partial charge is 0.178 e. The lowest BCUT2D eigenvalue weighted by Gasteiger charge is -2.03. The molecule has 1 aromatic carbocycles. The van der Waals surface area contributed by atoms with E-state index >= 15 is 0 Å². The zero-order valence-corrected chi connectivity index (χ0v) is 9.49. The summed E-state index contributed by atoms with van der Waals surface area (Å²) in [5, 5.41) is 3.18. The maximum absolute atomic E-state index is 12.8. The largest absolute Gasteiger partial charge is 0.224 e. The fourth-order valence-electron chi connectivity index (χ4n) is 1.16. The highest BCUT2D eigenvalue weighted by Crippen LogP contribution is 2.15. The molecule has 0 heterocycles. The van der Waals surface area contributed by atoms with E-state index in [0.29, 0.717) is 6.07 Å². The van der Waals surface area contributed by atoms with E-state index in [2.05, 4.69) is 10.0 Å². The normalized spacial score (nSPS) is 10.9. The molecule has 1 rings (SSSR count). The summed E-state index contributed by atoms with van der Waals surface area (Å²) in [4.78, 5) is 2.19. The van der Waals surface area contributed by atoms with Crippen LogP contribution in [0.3, 0.4) is 0 Å². The van der Waals surface area contributed by atoms with Crippen molar-refractivity contribution < 1.29 is 17.2 Å². The van der Waals surface area contributed by atoms with Crippen molar-refractivity contribution in [2.45, 2.75) is 11.3 Å². The van der Waals surface area contributed by atoms with Crippen LogP contribution in [0.25, 0.3) is 10.4 Å². The van der Waals surface area contributed by atoms with Crippen LogP contribution in [0.2, 0.25) is 0 Å². The van der Waals surface area contributed by atoms with E-state index in [1.165, 1.54) is 0 Å². The van der Waals surface area contributed by atoms with Crippen molar-refractivity contribution >= 4 is 9.84 Å². The van der Waals surface area contributed by atoms with E-state index in [4.69, 9.17) is 5.53 Å². The molecule has 1 aromatic rings. The summed E-state index contributed by atoms with van der Waals surface area (Å²) in [6.45, 7) is 0.0411. The summed E-state index contributed by atoms with van der Waals surface area (Å²) in [5.74, 6) is -2.59. The quantitative estimate of drug-likeness (QED) is 0.268. The van der Waals surface area contributed by atoms with Gasteiger partial charge in [0.05, 0.1) is 10.6 Å². The van der Waals surface area contributed by atoms with Crippen LogP contribution in [-0.2, 0) is 9.84 Å². The standard InChI is InChI=1S/C9H9F2N3O2S/c10-8-3-2-7(6-9(8)11)17(15,16)5-1-4-13-14-12/h2-3,6H,1,4-5H2. The second-order valence-corrected chi connectivity index (χ2v) is 5.31. The van der Waals surface area contributed by atoms with Gasteiger partial charge in [-0.3, -0.25) is 0 Å². The molecule has 0 fully saturated rings. The van der Waals surface area contributed by atoms with Crippen molar-refractivity contribution in [2.24, 2.45) is 5.11 Å². The first-order valence-electron chi connectivity index (χ1n) is 4.66. The highest BCUT2D eigenvalue weighted by molar-refractivity contribution is 7.91. The summed E-state index contributed by atoms with van der Waals surface area (Å²) in [7, 11) is -3.67. The van der Waals surface area contributed by atoms with Gasteiger partial charge in [-0.25, -0.2) is 17.2 Å². The number of sulfone groups is 1. The number of rotatable bonds is 5. The Hall–Kier alpha value is -1.66. The Morgan fingerprint density at radius 1 is 1.29 bits per heavy atom. The molecule has 0 saturated carbocycles. The van der Waals surface area contributed by atoms with Crippen LogP contribution in [-0.4, -0.2) is 20.7 Å². The summed E-state index contributed by atoms with van der Waals surface area (Å²) in [5.41, 5.74) is 8.00. The Balaban J connectivity index is 2.82. The van der Waals surface area contributed by atoms with E-state index < -0.39 is 21.5 Å².